The van der Waals surface area contributed by atoms with Crippen LogP contribution in [0.15, 0.2) is 47.2 Å². The number of hydrogen-bond donors (Lipinski definition) is 24. The summed E-state index contributed by atoms with van der Waals surface area (Å²) in [7, 11) is 0. The summed E-state index contributed by atoms with van der Waals surface area (Å²) in [5.41, 5.74) is 18.5. The number of fused-ring (bicyclic) bond motifs is 1. The number of aromatic nitrogens is 1. The molecule has 5 heterocycles. The number of nitrogens with zero attached hydrogens (tertiary/aromatic N) is 4. The van der Waals surface area contributed by atoms with Crippen LogP contribution in [0.2, 0.25) is 0 Å². The molecule has 0 spiro atoms. The zero-order valence-corrected chi connectivity index (χ0v) is 85.4. The van der Waals surface area contributed by atoms with Gasteiger partial charge in [0.2, 0.25) is 88.6 Å². The molecule has 4 aliphatic rings. The number of Topliss-reactive ketones (excluding diaryl/α,β-unsaturated/α-hetero) is 1. The number of nitrogens with two attached hydrogens (primary N) is 3. The van der Waals surface area contributed by atoms with Gasteiger partial charge >= 0.3 is 23.9 Å². The summed E-state index contributed by atoms with van der Waals surface area (Å²) in [5.74, 6) is -18.9. The molecule has 50 heteroatoms. The van der Waals surface area contributed by atoms with Crippen molar-refractivity contribution in [3.05, 3.63) is 47.8 Å². The maximum absolute atomic E-state index is 15.7. The molecule has 0 saturated carbocycles. The Hall–Kier alpha value is -13.8. The van der Waals surface area contributed by atoms with Crippen LogP contribution >= 0.6 is 0 Å². The van der Waals surface area contributed by atoms with E-state index in [0.29, 0.717) is 41.5 Å². The Morgan fingerprint density at radius 3 is 1.67 bits per heavy atom. The number of benzene rings is 1. The molecule has 4 aliphatic heterocycles. The van der Waals surface area contributed by atoms with Crippen LogP contribution in [0.25, 0.3) is 10.9 Å². The third kappa shape index (κ3) is 49.7. The number of aromatic amines is 1. The second-order valence-corrected chi connectivity index (χ2v) is 37.9. The van der Waals surface area contributed by atoms with Crippen molar-refractivity contribution < 1.29 is 126 Å². The average Bonchev–Trinajstić information content (AvgIpc) is 1.66. The molecule has 3 fully saturated rings. The van der Waals surface area contributed by atoms with Crippen LogP contribution < -0.4 is 91.6 Å². The number of ketones is 1. The maximum Gasteiger partial charge on any atom is 0.317 e. The zero-order valence-electron chi connectivity index (χ0n) is 85.4. The summed E-state index contributed by atoms with van der Waals surface area (Å²) >= 11 is 0. The summed E-state index contributed by atoms with van der Waals surface area (Å²) in [5, 5.41) is 90.8. The van der Waals surface area contributed by atoms with Crippen molar-refractivity contribution in [2.24, 2.45) is 22.2 Å². The topological polar surface area (TPSA) is 773 Å². The molecule has 0 aliphatic carbocycles. The predicted octanol–water partition coefficient (Wildman–Crippen LogP) is -0.246. The summed E-state index contributed by atoms with van der Waals surface area (Å²) in [6.45, 7) is -0.824. The van der Waals surface area contributed by atoms with E-state index in [1.807, 2.05) is 0 Å². The molecular weight excluding hydrogens is 1940 g/mol. The lowest BCUT2D eigenvalue weighted by Crippen LogP contribution is -2.60. The van der Waals surface area contributed by atoms with Gasteiger partial charge in [0.05, 0.1) is 39.5 Å². The van der Waals surface area contributed by atoms with Crippen molar-refractivity contribution in [2.45, 2.75) is 330 Å². The Morgan fingerprint density at radius 1 is 0.510 bits per heavy atom. The van der Waals surface area contributed by atoms with Gasteiger partial charge in [-0.05, 0) is 140 Å². The standard InChI is InChI=1S/C99H156N24O26/c1-63(124)112-70-34-18-16-30-66(125)57-77(120-94(144)75(55-64-58-110-68-32-19-17-31-67(64)68)118-90(140)71(36-25-46-108-98(101)102)113-81(127)59-111-88(138)76(119-89(70)139)56-65-29-24-45-105-65)96(146)123-51-28-39-79(123)97(147)122-50-27-38-78(122)95(145)117-73(37-26-47-109-99(103)104)92(142)116-74(42-43-84(131)132)93(143)115-72(35-21-23-49-121(60-85(133)134)61-86(135)136)91(141)114-69(87(100)137)33-20-22-44-106-82(128)62-149-54-53-148-52-48-107-80(126)40-14-12-10-8-6-4-2-3-5-7-9-11-13-15-41-83(129)130/h17,19,29,31-32,45,58,69-79,110H,2-16,18,20-28,30,33-44,46-57,59-62H2,1H3,(H2,100,137)(H,106,128)(H,107,126)(H,111,138)(H,112,124)(H,113,127)(H,114,141)(H,115,143)(H,116,142)(H,117,145)(H,118,140)(H,119,139)(H,120,144)(H,129,130)(H,131,132)(H,133,134)(H,135,136)(H4,101,102,108)(H4,103,104,109)/t69-,70-,71-,72-,73-,74-,75-,76-,77-,78-,79-/m0/s1. The average molecular weight is 2100 g/mol. The number of H-pyrrole nitrogens is 1. The van der Waals surface area contributed by atoms with Crippen molar-refractivity contribution >= 4 is 147 Å². The molecule has 828 valence electrons. The number of carbonyl (C=O) groups is 20. The third-order valence-electron chi connectivity index (χ3n) is 25.7. The van der Waals surface area contributed by atoms with Crippen LogP contribution in [-0.4, -0.2) is 335 Å². The van der Waals surface area contributed by atoms with E-state index >= 15 is 19.2 Å². The van der Waals surface area contributed by atoms with Crippen molar-refractivity contribution in [1.29, 1.82) is 10.8 Å². The highest BCUT2D eigenvalue weighted by Crippen LogP contribution is 2.29. The molecule has 0 unspecified atom stereocenters. The van der Waals surface area contributed by atoms with Gasteiger partial charge in [-0.15, -0.1) is 0 Å². The van der Waals surface area contributed by atoms with E-state index in [4.69, 9.17) is 42.6 Å². The third-order valence-corrected chi connectivity index (χ3v) is 25.7. The second-order valence-electron chi connectivity index (χ2n) is 37.9. The van der Waals surface area contributed by atoms with Crippen molar-refractivity contribution in [1.82, 2.24) is 94.1 Å². The van der Waals surface area contributed by atoms with E-state index in [-0.39, 0.29) is 206 Å². The highest BCUT2D eigenvalue weighted by molar-refractivity contribution is 6.02. The number of unbranched alkanes of at least 4 members (excludes halogenated alkanes) is 15. The molecule has 27 N–H and O–H groups in total. The van der Waals surface area contributed by atoms with Crippen LogP contribution in [0.4, 0.5) is 0 Å². The fourth-order valence-electron chi connectivity index (χ4n) is 18.0. The van der Waals surface area contributed by atoms with Crippen LogP contribution in [0.3, 0.4) is 0 Å². The highest BCUT2D eigenvalue weighted by atomic mass is 16.5. The highest BCUT2D eigenvalue weighted by Gasteiger charge is 2.46. The smallest absolute Gasteiger partial charge is 0.317 e. The van der Waals surface area contributed by atoms with Gasteiger partial charge in [0, 0.05) is 127 Å². The molecule has 11 atom stereocenters. The van der Waals surface area contributed by atoms with Gasteiger partial charge in [-0.2, -0.15) is 0 Å². The number of ether oxygens (including phenoxy) is 2. The number of likely N-dealkylation sites (tertiary alicyclic amines) is 2. The van der Waals surface area contributed by atoms with Gasteiger partial charge in [0.25, 0.3) is 0 Å². The number of guanidine groups is 2. The molecule has 149 heavy (non-hydrogen) atoms. The number of primary amides is 1. The summed E-state index contributed by atoms with van der Waals surface area (Å²) in [4.78, 5) is 285. The largest absolute Gasteiger partial charge is 0.481 e. The molecule has 50 nitrogen and oxygen atoms in total. The van der Waals surface area contributed by atoms with Gasteiger partial charge in [0.1, 0.15) is 78.9 Å². The summed E-state index contributed by atoms with van der Waals surface area (Å²) < 4.78 is 11.0. The van der Waals surface area contributed by atoms with Crippen LogP contribution in [-0.2, 0) is 112 Å². The van der Waals surface area contributed by atoms with E-state index in [0.717, 1.165) is 56.3 Å². The molecule has 2 aromatic rings. The minimum Gasteiger partial charge on any atom is -0.481 e. The van der Waals surface area contributed by atoms with Crippen LogP contribution in [0.1, 0.15) is 263 Å². The molecule has 6 rings (SSSR count). The van der Waals surface area contributed by atoms with Gasteiger partial charge in [0.15, 0.2) is 11.9 Å². The normalized spacial score (nSPS) is 18.8. The van der Waals surface area contributed by atoms with Crippen LogP contribution in [0.5, 0.6) is 0 Å². The molecule has 1 aromatic carbocycles. The monoisotopic (exact) mass is 2100 g/mol. The lowest BCUT2D eigenvalue weighted by Gasteiger charge is -2.33. The van der Waals surface area contributed by atoms with Crippen molar-refractivity contribution in [3.8, 4) is 0 Å². The second kappa shape index (κ2) is 69.4. The van der Waals surface area contributed by atoms with Crippen molar-refractivity contribution in [3.63, 3.8) is 0 Å². The first-order valence-electron chi connectivity index (χ1n) is 52.0. The van der Waals surface area contributed by atoms with Crippen LogP contribution in [0, 0.1) is 10.8 Å². The number of rotatable bonds is 66. The first-order valence-corrected chi connectivity index (χ1v) is 52.0. The Bertz CT molecular complexity index is 4840. The first-order chi connectivity index (χ1) is 71.3. The minimum atomic E-state index is -1.83. The van der Waals surface area contributed by atoms with Gasteiger partial charge < -0.3 is 136 Å². The van der Waals surface area contributed by atoms with Gasteiger partial charge in [-0.25, -0.2) is 0 Å². The summed E-state index contributed by atoms with van der Waals surface area (Å²) in [6, 6.07) is -9.72. The Labute approximate surface area is 866 Å². The van der Waals surface area contributed by atoms with Gasteiger partial charge in [-0.1, -0.05) is 108 Å². The molecule has 0 bridgehead atoms. The minimum absolute atomic E-state index is 0.0161. The zero-order chi connectivity index (χ0) is 109. The molecule has 15 amide bonds. The lowest BCUT2D eigenvalue weighted by molar-refractivity contribution is -0.148. The predicted molar refractivity (Wildman–Crippen MR) is 544 cm³/mol. The van der Waals surface area contributed by atoms with Crippen molar-refractivity contribution in [2.75, 3.05) is 91.9 Å². The number of aliphatic carboxylic acids is 4. The Kier molecular flexibility index (Phi) is 57.7. The number of carboxylic acids is 4. The Morgan fingerprint density at radius 2 is 1.05 bits per heavy atom. The fraction of sp³-hybridized carbons (Fsp3) is 0.667. The lowest BCUT2D eigenvalue weighted by atomic mass is 9.99. The van der Waals surface area contributed by atoms with E-state index in [9.17, 15) is 92.0 Å². The van der Waals surface area contributed by atoms with E-state index in [2.05, 4.69) is 84.4 Å². The quantitative estimate of drug-likeness (QED) is 0.0231. The maximum atomic E-state index is 15.7. The molecule has 1 aromatic heterocycles. The molecule has 0 radical (unpaired) electrons. The summed E-state index contributed by atoms with van der Waals surface area (Å²) in [6.07, 6.45) is 18.3. The van der Waals surface area contributed by atoms with Gasteiger partial charge in [-0.3, -0.25) is 117 Å². The number of nitrogens with one attached hydrogen (secondary N) is 17. The molecule has 3 saturated heterocycles. The SMILES string of the molecule is CC(=O)N[C@H]1CCCCC(=O)C[C@@H](C(=O)N2CCC[C@H]2C(=O)N2CCC[C@H]2C(=O)N[C@@H](CCCNC(=N)N)C(=O)N[C@@H](CCC(=O)O)C(=O)N[C@@H](CCCCN(CC(=O)O)CC(=O)O)C(=O)N[C@@H](CCCCNC(=O)COCCOCCNC(=O)CCCCCCCCCCCCCCCCC(=O)O)C(N)=O)NC(=O)[C@H](Cc2c[nH]c3ccccc23)NC(=O)[C@H](CCCNC(=N)N)NC(=O)CNC(=O)[C@H](CC2=CCC=N2)NC1=O. The first kappa shape index (κ1) is 124. The van der Waals surface area contributed by atoms with E-state index in [1.54, 1.807) is 42.8 Å². The number of amides is 15. The fourth-order valence-corrected chi connectivity index (χ4v) is 18.0. The number of carbonyl (C=O) groups excluding carboxylic acids is 16. The van der Waals surface area contributed by atoms with E-state index in [1.165, 1.54) is 55.2 Å². The number of para-hydroxylation sites is 1. The number of hydrogen-bond acceptors (Lipinski definition) is 26. The number of carboxylic acid groups (broad SMARTS) is 4. The molecular formula is C99H156N24O26. The van der Waals surface area contributed by atoms with E-state index < -0.39 is 230 Å². The number of aliphatic imine (C=N–C) groups is 1. The Balaban J connectivity index is 1.14. The number of allylic oxidation sites excluding steroid dienone is 1.